The second-order valence-corrected chi connectivity index (χ2v) is 4.92. The van der Waals surface area contributed by atoms with Crippen molar-refractivity contribution in [3.05, 3.63) is 11.4 Å². The van der Waals surface area contributed by atoms with Crippen molar-refractivity contribution < 1.29 is 4.74 Å². The summed E-state index contributed by atoms with van der Waals surface area (Å²) in [4.78, 5) is 11.1. The molecule has 1 aliphatic rings. The van der Waals surface area contributed by atoms with E-state index in [1.165, 1.54) is 0 Å². The second kappa shape index (κ2) is 5.52. The second-order valence-electron chi connectivity index (χ2n) is 4.92. The van der Waals surface area contributed by atoms with Gasteiger partial charge in [-0.2, -0.15) is 4.98 Å². The first-order valence-electron chi connectivity index (χ1n) is 6.48. The normalized spacial score (nSPS) is 17.8. The third-order valence-electron chi connectivity index (χ3n) is 3.39. The summed E-state index contributed by atoms with van der Waals surface area (Å²) in [5.41, 5.74) is 0.988. The summed E-state index contributed by atoms with van der Waals surface area (Å²) >= 11 is 0. The van der Waals surface area contributed by atoms with Gasteiger partial charge in [-0.05, 0) is 33.7 Å². The van der Waals surface area contributed by atoms with Crippen molar-refractivity contribution in [3.63, 3.8) is 0 Å². The summed E-state index contributed by atoms with van der Waals surface area (Å²) in [6.45, 7) is 6.07. The van der Waals surface area contributed by atoms with Crippen molar-refractivity contribution in [1.29, 1.82) is 0 Å². The molecule has 1 N–H and O–H groups in total. The van der Waals surface area contributed by atoms with E-state index in [0.29, 0.717) is 0 Å². The van der Waals surface area contributed by atoms with Crippen molar-refractivity contribution in [1.82, 2.24) is 14.9 Å². The molecule has 0 aliphatic carbocycles. The van der Waals surface area contributed by atoms with E-state index >= 15 is 0 Å². The summed E-state index contributed by atoms with van der Waals surface area (Å²) in [5.74, 6) is 2.32. The van der Waals surface area contributed by atoms with E-state index in [9.17, 15) is 0 Å². The number of aromatic nitrogens is 2. The van der Waals surface area contributed by atoms with Gasteiger partial charge in [0.05, 0.1) is 5.56 Å². The van der Waals surface area contributed by atoms with Gasteiger partial charge in [0.25, 0.3) is 0 Å². The Kier molecular flexibility index (Phi) is 4.01. The third kappa shape index (κ3) is 2.90. The number of hydrogen-bond acceptors (Lipinski definition) is 5. The molecule has 100 valence electrons. The van der Waals surface area contributed by atoms with Gasteiger partial charge in [-0.25, -0.2) is 4.98 Å². The van der Waals surface area contributed by atoms with Crippen LogP contribution in [0.2, 0.25) is 0 Å². The minimum Gasteiger partial charge on any atom is -0.474 e. The van der Waals surface area contributed by atoms with Gasteiger partial charge in [0.1, 0.15) is 17.7 Å². The fourth-order valence-electron chi connectivity index (χ4n) is 2.22. The molecule has 0 aromatic carbocycles. The first-order chi connectivity index (χ1) is 8.60. The Morgan fingerprint density at radius 1 is 1.22 bits per heavy atom. The number of hydrogen-bond donors (Lipinski definition) is 1. The molecule has 1 aliphatic heterocycles. The zero-order valence-corrected chi connectivity index (χ0v) is 11.7. The minimum atomic E-state index is 0.277. The molecule has 5 heteroatoms. The van der Waals surface area contributed by atoms with Crippen LogP contribution in [-0.2, 0) is 0 Å². The Bertz CT molecular complexity index is 414. The van der Waals surface area contributed by atoms with E-state index in [0.717, 1.165) is 49.0 Å². The molecule has 0 saturated carbocycles. The molecule has 5 nitrogen and oxygen atoms in total. The lowest BCUT2D eigenvalue weighted by molar-refractivity contribution is 0.109. The summed E-state index contributed by atoms with van der Waals surface area (Å²) in [6, 6.07) is 0. The fourth-order valence-corrected chi connectivity index (χ4v) is 2.22. The van der Waals surface area contributed by atoms with Crippen molar-refractivity contribution in [3.8, 4) is 5.88 Å². The van der Waals surface area contributed by atoms with E-state index in [4.69, 9.17) is 4.74 Å². The molecule has 1 saturated heterocycles. The molecular formula is C13H22N4O. The van der Waals surface area contributed by atoms with Gasteiger partial charge >= 0.3 is 0 Å². The summed E-state index contributed by atoms with van der Waals surface area (Å²) in [6.07, 6.45) is 2.40. The quantitative estimate of drug-likeness (QED) is 0.883. The minimum absolute atomic E-state index is 0.277. The molecule has 1 fully saturated rings. The average Bonchev–Trinajstić information content (AvgIpc) is 2.36. The predicted molar refractivity (Wildman–Crippen MR) is 72.2 cm³/mol. The van der Waals surface area contributed by atoms with E-state index < -0.39 is 0 Å². The highest BCUT2D eigenvalue weighted by atomic mass is 16.5. The van der Waals surface area contributed by atoms with Crippen molar-refractivity contribution >= 4 is 5.82 Å². The predicted octanol–water partition coefficient (Wildman–Crippen LogP) is 1.61. The van der Waals surface area contributed by atoms with Gasteiger partial charge in [0.2, 0.25) is 5.88 Å². The number of nitrogens with zero attached hydrogens (tertiary/aromatic N) is 3. The van der Waals surface area contributed by atoms with Crippen LogP contribution >= 0.6 is 0 Å². The highest BCUT2D eigenvalue weighted by Gasteiger charge is 2.20. The fraction of sp³-hybridized carbons (Fsp3) is 0.692. The van der Waals surface area contributed by atoms with E-state index in [-0.39, 0.29) is 6.10 Å². The molecule has 0 spiro atoms. The molecule has 0 unspecified atom stereocenters. The smallest absolute Gasteiger partial charge is 0.222 e. The van der Waals surface area contributed by atoms with E-state index in [1.807, 2.05) is 20.9 Å². The Hall–Kier alpha value is -1.36. The molecule has 2 rings (SSSR count). The van der Waals surface area contributed by atoms with E-state index in [1.54, 1.807) is 0 Å². The van der Waals surface area contributed by atoms with Gasteiger partial charge in [0.15, 0.2) is 0 Å². The van der Waals surface area contributed by atoms with Crippen LogP contribution in [0.15, 0.2) is 0 Å². The Labute approximate surface area is 109 Å². The van der Waals surface area contributed by atoms with Crippen LogP contribution in [0, 0.1) is 13.8 Å². The maximum absolute atomic E-state index is 6.04. The highest BCUT2D eigenvalue weighted by molar-refractivity contribution is 5.47. The lowest BCUT2D eigenvalue weighted by atomic mass is 10.1. The largest absolute Gasteiger partial charge is 0.474 e. The number of piperidine rings is 1. The van der Waals surface area contributed by atoms with Crippen LogP contribution < -0.4 is 10.1 Å². The third-order valence-corrected chi connectivity index (χ3v) is 3.39. The monoisotopic (exact) mass is 250 g/mol. The molecule has 0 bridgehead atoms. The Balaban J connectivity index is 2.11. The number of likely N-dealkylation sites (tertiary alicyclic amines) is 1. The van der Waals surface area contributed by atoms with Gasteiger partial charge in [-0.3, -0.25) is 0 Å². The van der Waals surface area contributed by atoms with Crippen LogP contribution in [0.4, 0.5) is 5.82 Å². The zero-order valence-electron chi connectivity index (χ0n) is 11.7. The molecule has 1 aromatic heterocycles. The lowest BCUT2D eigenvalue weighted by Gasteiger charge is -2.29. The number of aryl methyl sites for hydroxylation is 1. The number of anilines is 1. The Morgan fingerprint density at radius 3 is 2.50 bits per heavy atom. The number of ether oxygens (including phenoxy) is 1. The molecule has 2 heterocycles. The topological polar surface area (TPSA) is 50.3 Å². The summed E-state index contributed by atoms with van der Waals surface area (Å²) < 4.78 is 6.04. The van der Waals surface area contributed by atoms with Gasteiger partial charge in [-0.15, -0.1) is 0 Å². The van der Waals surface area contributed by atoms with Gasteiger partial charge in [0, 0.05) is 20.1 Å². The van der Waals surface area contributed by atoms with Gasteiger partial charge < -0.3 is 15.0 Å². The maximum atomic E-state index is 6.04. The van der Waals surface area contributed by atoms with Crippen molar-refractivity contribution in [2.45, 2.75) is 32.8 Å². The summed E-state index contributed by atoms with van der Waals surface area (Å²) in [5, 5.41) is 3.08. The van der Waals surface area contributed by atoms with Crippen LogP contribution in [0.3, 0.4) is 0 Å². The molecule has 0 atom stereocenters. The number of rotatable bonds is 3. The standard InChI is InChI=1S/C13H22N4O/c1-9-12(14-3)15-10(2)16-13(9)18-11-5-7-17(4)8-6-11/h11H,5-8H2,1-4H3,(H,14,15,16). The SMILES string of the molecule is CNc1nc(C)nc(OC2CCN(C)CC2)c1C. The first-order valence-corrected chi connectivity index (χ1v) is 6.48. The maximum Gasteiger partial charge on any atom is 0.222 e. The lowest BCUT2D eigenvalue weighted by Crippen LogP contribution is -2.36. The summed E-state index contributed by atoms with van der Waals surface area (Å²) in [7, 11) is 4.02. The Morgan fingerprint density at radius 2 is 1.89 bits per heavy atom. The molecule has 0 radical (unpaired) electrons. The zero-order chi connectivity index (χ0) is 13.1. The van der Waals surface area contributed by atoms with Crippen LogP contribution in [-0.4, -0.2) is 48.2 Å². The first kappa shape index (κ1) is 13.1. The average molecular weight is 250 g/mol. The van der Waals surface area contributed by atoms with Crippen LogP contribution in [0.1, 0.15) is 24.2 Å². The molecule has 1 aromatic rings. The van der Waals surface area contributed by atoms with Crippen LogP contribution in [0.25, 0.3) is 0 Å². The van der Waals surface area contributed by atoms with Crippen molar-refractivity contribution in [2.24, 2.45) is 0 Å². The molecular weight excluding hydrogens is 228 g/mol. The van der Waals surface area contributed by atoms with Gasteiger partial charge in [-0.1, -0.05) is 0 Å². The van der Waals surface area contributed by atoms with Crippen LogP contribution in [0.5, 0.6) is 5.88 Å². The number of nitrogens with one attached hydrogen (secondary N) is 1. The van der Waals surface area contributed by atoms with Crippen molar-refractivity contribution in [2.75, 3.05) is 32.5 Å². The highest BCUT2D eigenvalue weighted by Crippen LogP contribution is 2.24. The molecule has 0 amide bonds. The van der Waals surface area contributed by atoms with E-state index in [2.05, 4.69) is 27.2 Å². The molecule has 18 heavy (non-hydrogen) atoms.